The summed E-state index contributed by atoms with van der Waals surface area (Å²) < 4.78 is 18.9. The molecule has 1 aromatic carbocycles. The van der Waals surface area contributed by atoms with Crippen LogP contribution >= 0.6 is 0 Å². The van der Waals surface area contributed by atoms with Crippen LogP contribution in [0.4, 0.5) is 4.39 Å². The smallest absolute Gasteiger partial charge is 0.165 e. The second kappa shape index (κ2) is 6.36. The van der Waals surface area contributed by atoms with Crippen LogP contribution in [0.1, 0.15) is 25.8 Å². The van der Waals surface area contributed by atoms with Crippen LogP contribution < -0.4 is 10.1 Å². The summed E-state index contributed by atoms with van der Waals surface area (Å²) in [7, 11) is 0. The minimum Gasteiger partial charge on any atom is -0.487 e. The molecule has 0 saturated heterocycles. The lowest BCUT2D eigenvalue weighted by molar-refractivity contribution is 0.226. The SMILES string of the molecule is CCCNC(C)(C#N)COc1cc(C)ccc1F. The molecule has 0 aliphatic rings. The number of rotatable bonds is 6. The first kappa shape index (κ1) is 14.5. The zero-order valence-corrected chi connectivity index (χ0v) is 11.1. The summed E-state index contributed by atoms with van der Waals surface area (Å²) in [6, 6.07) is 6.84. The summed E-state index contributed by atoms with van der Waals surface area (Å²) in [5.41, 5.74) is 0.123. The molecule has 0 saturated carbocycles. The topological polar surface area (TPSA) is 45.0 Å². The Balaban J connectivity index is 2.68. The van der Waals surface area contributed by atoms with Gasteiger partial charge in [0.15, 0.2) is 11.6 Å². The molecule has 98 valence electrons. The van der Waals surface area contributed by atoms with Gasteiger partial charge in [-0.25, -0.2) is 4.39 Å². The molecule has 0 fully saturated rings. The molecule has 0 aliphatic carbocycles. The molecule has 0 bridgehead atoms. The Morgan fingerprint density at radius 1 is 1.50 bits per heavy atom. The molecule has 1 unspecified atom stereocenters. The van der Waals surface area contributed by atoms with Crippen molar-refractivity contribution in [3.05, 3.63) is 29.6 Å². The van der Waals surface area contributed by atoms with Crippen LogP contribution in [0.2, 0.25) is 0 Å². The molecular formula is C14H19FN2O. The van der Waals surface area contributed by atoms with Gasteiger partial charge in [-0.2, -0.15) is 5.26 Å². The van der Waals surface area contributed by atoms with Crippen molar-refractivity contribution in [1.29, 1.82) is 5.26 Å². The number of hydrogen-bond donors (Lipinski definition) is 1. The Kier molecular flexibility index (Phi) is 5.11. The van der Waals surface area contributed by atoms with E-state index in [0.717, 1.165) is 18.5 Å². The second-order valence-corrected chi connectivity index (χ2v) is 4.59. The number of nitrogens with one attached hydrogen (secondary N) is 1. The summed E-state index contributed by atoms with van der Waals surface area (Å²) in [6.45, 7) is 6.47. The van der Waals surface area contributed by atoms with Gasteiger partial charge in [0, 0.05) is 0 Å². The van der Waals surface area contributed by atoms with Crippen LogP contribution in [0.3, 0.4) is 0 Å². The molecule has 1 atom stereocenters. The minimum atomic E-state index is -0.799. The highest BCUT2D eigenvalue weighted by atomic mass is 19.1. The van der Waals surface area contributed by atoms with E-state index in [4.69, 9.17) is 10.00 Å². The van der Waals surface area contributed by atoms with Crippen molar-refractivity contribution >= 4 is 0 Å². The van der Waals surface area contributed by atoms with E-state index in [0.29, 0.717) is 0 Å². The van der Waals surface area contributed by atoms with Crippen molar-refractivity contribution in [3.63, 3.8) is 0 Å². The van der Waals surface area contributed by atoms with Gasteiger partial charge < -0.3 is 4.74 Å². The predicted molar refractivity (Wildman–Crippen MR) is 68.9 cm³/mol. The lowest BCUT2D eigenvalue weighted by atomic mass is 10.1. The Bertz CT molecular complexity index is 442. The van der Waals surface area contributed by atoms with Gasteiger partial charge in [0.2, 0.25) is 0 Å². The number of halogens is 1. The van der Waals surface area contributed by atoms with Crippen LogP contribution in [0.25, 0.3) is 0 Å². The maximum Gasteiger partial charge on any atom is 0.165 e. The van der Waals surface area contributed by atoms with E-state index < -0.39 is 11.4 Å². The van der Waals surface area contributed by atoms with Crippen LogP contribution in [0.15, 0.2) is 18.2 Å². The first-order chi connectivity index (χ1) is 8.50. The van der Waals surface area contributed by atoms with Crippen molar-refractivity contribution < 1.29 is 9.13 Å². The van der Waals surface area contributed by atoms with E-state index in [-0.39, 0.29) is 12.4 Å². The maximum absolute atomic E-state index is 13.5. The molecule has 4 heteroatoms. The van der Waals surface area contributed by atoms with Gasteiger partial charge in [0.25, 0.3) is 0 Å². The van der Waals surface area contributed by atoms with Gasteiger partial charge in [0.1, 0.15) is 12.1 Å². The molecule has 1 aromatic rings. The average molecular weight is 250 g/mol. The van der Waals surface area contributed by atoms with Crippen LogP contribution in [-0.2, 0) is 0 Å². The Hall–Kier alpha value is -1.60. The number of nitriles is 1. The number of ether oxygens (including phenoxy) is 1. The van der Waals surface area contributed by atoms with Gasteiger partial charge in [0.05, 0.1) is 6.07 Å². The summed E-state index contributed by atoms with van der Waals surface area (Å²) in [4.78, 5) is 0. The molecule has 1 rings (SSSR count). The second-order valence-electron chi connectivity index (χ2n) is 4.59. The minimum absolute atomic E-state index is 0.115. The first-order valence-electron chi connectivity index (χ1n) is 6.06. The number of benzene rings is 1. The fraction of sp³-hybridized carbons (Fsp3) is 0.500. The molecule has 0 radical (unpaired) electrons. The number of nitrogens with zero attached hydrogens (tertiary/aromatic N) is 1. The van der Waals surface area contributed by atoms with Crippen molar-refractivity contribution in [2.45, 2.75) is 32.7 Å². The maximum atomic E-state index is 13.5. The third kappa shape index (κ3) is 4.01. The highest BCUT2D eigenvalue weighted by Crippen LogP contribution is 2.19. The summed E-state index contributed by atoms with van der Waals surface area (Å²) in [6.07, 6.45) is 0.927. The van der Waals surface area contributed by atoms with Crippen molar-refractivity contribution in [1.82, 2.24) is 5.32 Å². The average Bonchev–Trinajstić information content (AvgIpc) is 2.37. The normalized spacial score (nSPS) is 13.7. The van der Waals surface area contributed by atoms with E-state index >= 15 is 0 Å². The largest absolute Gasteiger partial charge is 0.487 e. The van der Waals surface area contributed by atoms with Gasteiger partial charge >= 0.3 is 0 Å². The molecule has 0 amide bonds. The van der Waals surface area contributed by atoms with E-state index in [1.54, 1.807) is 19.1 Å². The summed E-state index contributed by atoms with van der Waals surface area (Å²) in [5, 5.41) is 12.2. The Morgan fingerprint density at radius 2 is 2.22 bits per heavy atom. The Labute approximate surface area is 108 Å². The monoisotopic (exact) mass is 250 g/mol. The van der Waals surface area contributed by atoms with E-state index in [2.05, 4.69) is 11.4 Å². The van der Waals surface area contributed by atoms with E-state index in [9.17, 15) is 4.39 Å². The molecule has 0 aromatic heterocycles. The third-order valence-electron chi connectivity index (χ3n) is 2.61. The molecule has 3 nitrogen and oxygen atoms in total. The third-order valence-corrected chi connectivity index (χ3v) is 2.61. The van der Waals surface area contributed by atoms with Crippen molar-refractivity contribution in [2.75, 3.05) is 13.2 Å². The number of aryl methyl sites for hydroxylation is 1. The fourth-order valence-electron chi connectivity index (χ4n) is 1.47. The molecule has 18 heavy (non-hydrogen) atoms. The zero-order valence-electron chi connectivity index (χ0n) is 11.1. The van der Waals surface area contributed by atoms with Crippen molar-refractivity contribution in [2.24, 2.45) is 0 Å². The zero-order chi connectivity index (χ0) is 13.6. The highest BCUT2D eigenvalue weighted by molar-refractivity contribution is 5.29. The van der Waals surface area contributed by atoms with Crippen molar-refractivity contribution in [3.8, 4) is 11.8 Å². The molecule has 0 spiro atoms. The molecule has 1 N–H and O–H groups in total. The van der Waals surface area contributed by atoms with E-state index in [1.807, 2.05) is 13.8 Å². The first-order valence-corrected chi connectivity index (χ1v) is 6.06. The standard InChI is InChI=1S/C14H19FN2O/c1-4-7-17-14(3,9-16)10-18-13-8-11(2)5-6-12(13)15/h5-6,8,17H,4,7,10H2,1-3H3. The van der Waals surface area contributed by atoms with Gasteiger partial charge in [-0.3, -0.25) is 5.32 Å². The highest BCUT2D eigenvalue weighted by Gasteiger charge is 2.24. The summed E-state index contributed by atoms with van der Waals surface area (Å²) >= 11 is 0. The lowest BCUT2D eigenvalue weighted by Gasteiger charge is -2.23. The summed E-state index contributed by atoms with van der Waals surface area (Å²) in [5.74, 6) is -0.217. The Morgan fingerprint density at radius 3 is 2.83 bits per heavy atom. The fourth-order valence-corrected chi connectivity index (χ4v) is 1.47. The molecule has 0 aliphatic heterocycles. The molecule has 0 heterocycles. The van der Waals surface area contributed by atoms with Crippen LogP contribution in [-0.4, -0.2) is 18.7 Å². The molecular weight excluding hydrogens is 231 g/mol. The number of hydrogen-bond acceptors (Lipinski definition) is 3. The predicted octanol–water partition coefficient (Wildman–Crippen LogP) is 2.79. The van der Waals surface area contributed by atoms with Gasteiger partial charge in [-0.05, 0) is 44.5 Å². The van der Waals surface area contributed by atoms with E-state index in [1.165, 1.54) is 6.07 Å². The van der Waals surface area contributed by atoms with Crippen LogP contribution in [0, 0.1) is 24.1 Å². The quantitative estimate of drug-likeness (QED) is 0.844. The van der Waals surface area contributed by atoms with Crippen LogP contribution in [0.5, 0.6) is 5.75 Å². The van der Waals surface area contributed by atoms with Gasteiger partial charge in [-0.1, -0.05) is 13.0 Å². The lowest BCUT2D eigenvalue weighted by Crippen LogP contribution is -2.46. The van der Waals surface area contributed by atoms with Gasteiger partial charge in [-0.15, -0.1) is 0 Å².